The van der Waals surface area contributed by atoms with Gasteiger partial charge in [0, 0.05) is 13.5 Å². The highest BCUT2D eigenvalue weighted by atomic mass is 79.9. The smallest absolute Gasteiger partial charge is 0.240 e. The molecule has 0 saturated heterocycles. The van der Waals surface area contributed by atoms with E-state index in [1.165, 1.54) is 11.3 Å². The van der Waals surface area contributed by atoms with Crippen LogP contribution in [0, 0.1) is 5.92 Å². The van der Waals surface area contributed by atoms with Gasteiger partial charge >= 0.3 is 0 Å². The van der Waals surface area contributed by atoms with E-state index in [1.54, 1.807) is 7.11 Å². The van der Waals surface area contributed by atoms with Crippen LogP contribution >= 0.6 is 27.3 Å². The van der Waals surface area contributed by atoms with Crippen molar-refractivity contribution < 1.29 is 14.3 Å². The summed E-state index contributed by atoms with van der Waals surface area (Å²) in [6, 6.07) is 5.76. The monoisotopic (exact) mass is 428 g/mol. The summed E-state index contributed by atoms with van der Waals surface area (Å²) < 4.78 is 12.2. The molecule has 0 aliphatic rings. The fraction of sp³-hybridized carbons (Fsp3) is 0.556. The van der Waals surface area contributed by atoms with E-state index in [0.717, 1.165) is 22.4 Å². The summed E-state index contributed by atoms with van der Waals surface area (Å²) in [6.07, 6.45) is 0.799. The van der Waals surface area contributed by atoms with Crippen LogP contribution in [0.15, 0.2) is 18.2 Å². The zero-order chi connectivity index (χ0) is 18.6. The Morgan fingerprint density at radius 2 is 2.12 bits per heavy atom. The number of rotatable bonds is 8. The number of carbonyl (C=O) groups excluding carboxylic acids is 1. The Hall–Kier alpha value is -1.18. The molecule has 0 unspecified atom stereocenters. The number of fused-ring (bicyclic) bond motifs is 1. The Kier molecular flexibility index (Phi) is 6.82. The SMILES string of the molecule is COC(C)(C)CCOc1ccc2nc(NC(=O)[C@@H](Br)C(C)C)sc2c1. The van der Waals surface area contributed by atoms with E-state index in [2.05, 4.69) is 26.2 Å². The lowest BCUT2D eigenvalue weighted by Crippen LogP contribution is -2.26. The molecule has 5 nitrogen and oxygen atoms in total. The number of amides is 1. The van der Waals surface area contributed by atoms with E-state index >= 15 is 0 Å². The van der Waals surface area contributed by atoms with Crippen molar-refractivity contribution in [3.63, 3.8) is 0 Å². The molecule has 25 heavy (non-hydrogen) atoms. The number of hydrogen-bond acceptors (Lipinski definition) is 5. The maximum absolute atomic E-state index is 12.1. The van der Waals surface area contributed by atoms with Crippen LogP contribution in [0.5, 0.6) is 5.75 Å². The number of nitrogens with one attached hydrogen (secondary N) is 1. The van der Waals surface area contributed by atoms with Gasteiger partial charge in [0.1, 0.15) is 5.75 Å². The first kappa shape index (κ1) is 20.1. The number of nitrogens with zero attached hydrogens (tertiary/aromatic N) is 1. The molecule has 1 aromatic carbocycles. The normalized spacial score (nSPS) is 13.2. The quantitative estimate of drug-likeness (QED) is 0.610. The number of ether oxygens (including phenoxy) is 2. The highest BCUT2D eigenvalue weighted by Gasteiger charge is 2.20. The van der Waals surface area contributed by atoms with E-state index in [1.807, 2.05) is 45.9 Å². The summed E-state index contributed by atoms with van der Waals surface area (Å²) in [6.45, 7) is 8.63. The van der Waals surface area contributed by atoms with Gasteiger partial charge in [0.25, 0.3) is 0 Å². The summed E-state index contributed by atoms with van der Waals surface area (Å²) in [5.74, 6) is 0.930. The number of thiazole rings is 1. The molecule has 0 fully saturated rings. The Morgan fingerprint density at radius 3 is 2.76 bits per heavy atom. The summed E-state index contributed by atoms with van der Waals surface area (Å²) >= 11 is 4.85. The molecule has 138 valence electrons. The second-order valence-corrected chi connectivity index (χ2v) is 8.86. The first-order chi connectivity index (χ1) is 11.7. The molecule has 1 aromatic heterocycles. The molecule has 1 N–H and O–H groups in total. The lowest BCUT2D eigenvalue weighted by Gasteiger charge is -2.22. The number of anilines is 1. The predicted octanol–water partition coefficient (Wildman–Crippen LogP) is 4.85. The minimum atomic E-state index is -0.234. The third kappa shape index (κ3) is 5.66. The van der Waals surface area contributed by atoms with Crippen LogP contribution in [-0.4, -0.2) is 35.0 Å². The van der Waals surface area contributed by atoms with Gasteiger partial charge in [-0.3, -0.25) is 4.79 Å². The summed E-state index contributed by atoms with van der Waals surface area (Å²) in [7, 11) is 1.70. The lowest BCUT2D eigenvalue weighted by molar-refractivity contribution is -0.116. The third-order valence-corrected chi connectivity index (χ3v) is 6.36. The van der Waals surface area contributed by atoms with Crippen LogP contribution in [0.3, 0.4) is 0 Å². The summed E-state index contributed by atoms with van der Waals surface area (Å²) in [4.78, 5) is 16.4. The van der Waals surface area contributed by atoms with Gasteiger partial charge in [-0.25, -0.2) is 4.98 Å². The van der Waals surface area contributed by atoms with Gasteiger partial charge in [0.15, 0.2) is 5.13 Å². The molecule has 0 spiro atoms. The van der Waals surface area contributed by atoms with Crippen molar-refractivity contribution in [2.75, 3.05) is 19.0 Å². The van der Waals surface area contributed by atoms with Crippen molar-refractivity contribution in [1.82, 2.24) is 4.98 Å². The average molecular weight is 429 g/mol. The van der Waals surface area contributed by atoms with Gasteiger partial charge in [-0.1, -0.05) is 41.1 Å². The highest BCUT2D eigenvalue weighted by Crippen LogP contribution is 2.30. The first-order valence-electron chi connectivity index (χ1n) is 8.25. The van der Waals surface area contributed by atoms with E-state index < -0.39 is 0 Å². The largest absolute Gasteiger partial charge is 0.493 e. The number of hydrogen-bond donors (Lipinski definition) is 1. The second kappa shape index (κ2) is 8.47. The van der Waals surface area contributed by atoms with Gasteiger partial charge in [-0.2, -0.15) is 0 Å². The number of halogens is 1. The fourth-order valence-corrected chi connectivity index (χ4v) is 3.05. The molecule has 0 bridgehead atoms. The topological polar surface area (TPSA) is 60.5 Å². The molecule has 1 heterocycles. The van der Waals surface area contributed by atoms with Crippen molar-refractivity contribution in [1.29, 1.82) is 0 Å². The highest BCUT2D eigenvalue weighted by molar-refractivity contribution is 9.10. The van der Waals surface area contributed by atoms with Crippen LogP contribution in [-0.2, 0) is 9.53 Å². The molecular formula is C18H25BrN2O3S. The maximum atomic E-state index is 12.1. The molecule has 0 radical (unpaired) electrons. The minimum Gasteiger partial charge on any atom is -0.493 e. The molecule has 2 aromatic rings. The third-order valence-electron chi connectivity index (χ3n) is 3.95. The lowest BCUT2D eigenvalue weighted by atomic mass is 10.1. The Labute approximate surface area is 161 Å². The van der Waals surface area contributed by atoms with E-state index in [4.69, 9.17) is 9.47 Å². The van der Waals surface area contributed by atoms with Gasteiger partial charge in [-0.05, 0) is 38.0 Å². The standard InChI is InChI=1S/C18H25BrN2O3S/c1-11(2)15(19)16(22)21-17-20-13-7-6-12(10-14(13)25-17)24-9-8-18(3,4)23-5/h6-7,10-11,15H,8-9H2,1-5H3,(H,20,21,22)/t15-/m0/s1. The average Bonchev–Trinajstić information content (AvgIpc) is 2.95. The Balaban J connectivity index is 2.02. The minimum absolute atomic E-state index is 0.0765. The summed E-state index contributed by atoms with van der Waals surface area (Å²) in [5.41, 5.74) is 0.648. The summed E-state index contributed by atoms with van der Waals surface area (Å²) in [5, 5.41) is 3.47. The van der Waals surface area contributed by atoms with Crippen LogP contribution in [0.4, 0.5) is 5.13 Å². The Bertz CT molecular complexity index is 730. The molecule has 7 heteroatoms. The van der Waals surface area contributed by atoms with Gasteiger partial charge in [-0.15, -0.1) is 0 Å². The van der Waals surface area contributed by atoms with Gasteiger partial charge in [0.05, 0.1) is 27.3 Å². The molecule has 1 amide bonds. The molecule has 2 rings (SSSR count). The predicted molar refractivity (Wildman–Crippen MR) is 107 cm³/mol. The van der Waals surface area contributed by atoms with Crippen molar-refractivity contribution >= 4 is 48.5 Å². The maximum Gasteiger partial charge on any atom is 0.240 e. The Morgan fingerprint density at radius 1 is 1.40 bits per heavy atom. The number of aromatic nitrogens is 1. The van der Waals surface area contributed by atoms with E-state index in [0.29, 0.717) is 11.7 Å². The zero-order valence-corrected chi connectivity index (χ0v) is 17.7. The number of methoxy groups -OCH3 is 1. The van der Waals surface area contributed by atoms with Crippen molar-refractivity contribution in [3.05, 3.63) is 18.2 Å². The van der Waals surface area contributed by atoms with E-state index in [9.17, 15) is 4.79 Å². The molecular weight excluding hydrogens is 404 g/mol. The van der Waals surface area contributed by atoms with Crippen LogP contribution in [0.2, 0.25) is 0 Å². The fourth-order valence-electron chi connectivity index (χ4n) is 2.04. The second-order valence-electron chi connectivity index (χ2n) is 6.85. The van der Waals surface area contributed by atoms with Crippen molar-refractivity contribution in [2.24, 2.45) is 5.92 Å². The van der Waals surface area contributed by atoms with Crippen molar-refractivity contribution in [2.45, 2.75) is 44.5 Å². The van der Waals surface area contributed by atoms with Crippen molar-refractivity contribution in [3.8, 4) is 5.75 Å². The number of carbonyl (C=O) groups is 1. The zero-order valence-electron chi connectivity index (χ0n) is 15.3. The van der Waals surface area contributed by atoms with Gasteiger partial charge < -0.3 is 14.8 Å². The van der Waals surface area contributed by atoms with Crippen LogP contribution in [0.25, 0.3) is 10.2 Å². The van der Waals surface area contributed by atoms with Crippen LogP contribution < -0.4 is 10.1 Å². The molecule has 0 aliphatic heterocycles. The van der Waals surface area contributed by atoms with Crippen LogP contribution in [0.1, 0.15) is 34.1 Å². The van der Waals surface area contributed by atoms with E-state index in [-0.39, 0.29) is 22.3 Å². The van der Waals surface area contributed by atoms with Gasteiger partial charge in [0.2, 0.25) is 5.91 Å². The molecule has 1 atom stereocenters. The number of benzene rings is 1. The number of alkyl halides is 1. The molecule has 0 saturated carbocycles. The first-order valence-corrected chi connectivity index (χ1v) is 9.98. The molecule has 0 aliphatic carbocycles.